The van der Waals surface area contributed by atoms with Crippen LogP contribution >= 0.6 is 0 Å². The Labute approximate surface area is 217 Å². The van der Waals surface area contributed by atoms with Gasteiger partial charge in [0, 0.05) is 66.9 Å². The van der Waals surface area contributed by atoms with Gasteiger partial charge in [-0.3, -0.25) is 9.78 Å². The Morgan fingerprint density at radius 2 is 1.76 bits per heavy atom. The third-order valence-corrected chi connectivity index (χ3v) is 6.70. The second-order valence-electron chi connectivity index (χ2n) is 10.1. The van der Waals surface area contributed by atoms with E-state index in [0.29, 0.717) is 11.3 Å². The van der Waals surface area contributed by atoms with E-state index in [4.69, 9.17) is 0 Å². The van der Waals surface area contributed by atoms with Gasteiger partial charge in [-0.15, -0.1) is 0 Å². The Hall–Kier alpha value is -3.84. The molecular formula is C30H32FN5O. The van der Waals surface area contributed by atoms with Gasteiger partial charge in [-0.05, 0) is 79.9 Å². The van der Waals surface area contributed by atoms with Gasteiger partial charge in [0.2, 0.25) is 0 Å². The maximum atomic E-state index is 14.3. The number of hydrogen-bond donors (Lipinski definition) is 1. The molecule has 1 aliphatic heterocycles. The number of carbonyl (C=O) groups is 1. The van der Waals surface area contributed by atoms with Crippen LogP contribution in [0.2, 0.25) is 0 Å². The lowest BCUT2D eigenvalue weighted by Crippen LogP contribution is -2.44. The average Bonchev–Trinajstić information content (AvgIpc) is 2.88. The number of ketones is 1. The smallest absolute Gasteiger partial charge is 0.169 e. The van der Waals surface area contributed by atoms with E-state index < -0.39 is 0 Å². The second-order valence-corrected chi connectivity index (χ2v) is 10.1. The largest absolute Gasteiger partial charge is 0.383 e. The van der Waals surface area contributed by atoms with Gasteiger partial charge in [-0.2, -0.15) is 0 Å². The molecule has 0 bridgehead atoms. The standard InChI is InChI=1S/C30H32FN5O/c1-20(2)34-28-15-25(13-26(31)17-28)21-4-5-23-19-33-27(14-24(23)12-21)18-29(37)22-6-7-32-30(16-22)36-10-8-35(3)9-11-36/h4-7,12-17,19-20,34H,8-11,18H2,1-3H3. The summed E-state index contributed by atoms with van der Waals surface area (Å²) in [6.45, 7) is 7.80. The van der Waals surface area contributed by atoms with Crippen LogP contribution in [0.1, 0.15) is 29.9 Å². The molecule has 0 saturated carbocycles. The van der Waals surface area contributed by atoms with Crippen LogP contribution in [0.15, 0.2) is 67.0 Å². The number of benzene rings is 2. The lowest BCUT2D eigenvalue weighted by molar-refractivity contribution is 0.0992. The van der Waals surface area contributed by atoms with Gasteiger partial charge in [-0.1, -0.05) is 12.1 Å². The maximum absolute atomic E-state index is 14.3. The first-order valence-corrected chi connectivity index (χ1v) is 12.7. The number of anilines is 2. The minimum Gasteiger partial charge on any atom is -0.383 e. The number of fused-ring (bicyclic) bond motifs is 1. The highest BCUT2D eigenvalue weighted by molar-refractivity contribution is 5.98. The fourth-order valence-electron chi connectivity index (χ4n) is 4.70. The predicted molar refractivity (Wildman–Crippen MR) is 148 cm³/mol. The summed E-state index contributed by atoms with van der Waals surface area (Å²) in [6.07, 6.45) is 3.71. The minimum absolute atomic E-state index is 0.00955. The van der Waals surface area contributed by atoms with Gasteiger partial charge < -0.3 is 15.1 Å². The molecule has 5 rings (SSSR count). The van der Waals surface area contributed by atoms with E-state index in [-0.39, 0.29) is 24.1 Å². The summed E-state index contributed by atoms with van der Waals surface area (Å²) in [5, 5.41) is 5.20. The molecule has 0 spiro atoms. The number of aromatic nitrogens is 2. The molecule has 0 atom stereocenters. The molecule has 6 nitrogen and oxygen atoms in total. The zero-order valence-corrected chi connectivity index (χ0v) is 21.5. The third-order valence-electron chi connectivity index (χ3n) is 6.70. The maximum Gasteiger partial charge on any atom is 0.169 e. The summed E-state index contributed by atoms with van der Waals surface area (Å²) < 4.78 is 14.3. The molecule has 0 unspecified atom stereocenters. The lowest BCUT2D eigenvalue weighted by atomic mass is 10.00. The molecule has 2 aromatic heterocycles. The van der Waals surface area contributed by atoms with Crippen molar-refractivity contribution < 1.29 is 9.18 Å². The van der Waals surface area contributed by atoms with E-state index in [0.717, 1.165) is 59.6 Å². The SMILES string of the molecule is CC(C)Nc1cc(F)cc(-c2ccc3cnc(CC(=O)c4ccnc(N5CCN(C)CC5)c4)cc3c2)c1. The lowest BCUT2D eigenvalue weighted by Gasteiger charge is -2.33. The summed E-state index contributed by atoms with van der Waals surface area (Å²) in [5.74, 6) is 0.571. The highest BCUT2D eigenvalue weighted by atomic mass is 19.1. The summed E-state index contributed by atoms with van der Waals surface area (Å²) >= 11 is 0. The van der Waals surface area contributed by atoms with Gasteiger partial charge in [-0.25, -0.2) is 9.37 Å². The number of rotatable bonds is 7. The molecule has 7 heteroatoms. The van der Waals surface area contributed by atoms with Gasteiger partial charge in [0.15, 0.2) is 5.78 Å². The molecule has 190 valence electrons. The average molecular weight is 498 g/mol. The highest BCUT2D eigenvalue weighted by Crippen LogP contribution is 2.28. The zero-order chi connectivity index (χ0) is 25.9. The van der Waals surface area contributed by atoms with Crippen LogP contribution in [0.4, 0.5) is 15.9 Å². The number of halogens is 1. The number of carbonyl (C=O) groups excluding carboxylic acids is 1. The van der Waals surface area contributed by atoms with Gasteiger partial charge in [0.1, 0.15) is 11.6 Å². The highest BCUT2D eigenvalue weighted by Gasteiger charge is 2.17. The zero-order valence-electron chi connectivity index (χ0n) is 21.5. The Morgan fingerprint density at radius 1 is 0.946 bits per heavy atom. The van der Waals surface area contributed by atoms with E-state index in [9.17, 15) is 9.18 Å². The molecule has 0 aliphatic carbocycles. The van der Waals surface area contributed by atoms with Crippen molar-refractivity contribution in [2.24, 2.45) is 0 Å². The van der Waals surface area contributed by atoms with Crippen molar-refractivity contribution in [3.63, 3.8) is 0 Å². The normalized spacial score (nSPS) is 14.4. The second kappa shape index (κ2) is 10.6. The predicted octanol–water partition coefficient (Wildman–Crippen LogP) is 5.43. The Balaban J connectivity index is 1.36. The molecule has 0 amide bonds. The molecule has 4 aromatic rings. The van der Waals surface area contributed by atoms with E-state index in [2.05, 4.69) is 32.1 Å². The van der Waals surface area contributed by atoms with Crippen LogP contribution in [0, 0.1) is 5.82 Å². The molecule has 1 aliphatic rings. The van der Waals surface area contributed by atoms with Crippen molar-refractivity contribution in [1.29, 1.82) is 0 Å². The molecule has 1 saturated heterocycles. The number of piperazine rings is 1. The fraction of sp³-hybridized carbons (Fsp3) is 0.300. The van der Waals surface area contributed by atoms with E-state index >= 15 is 0 Å². The van der Waals surface area contributed by atoms with Crippen LogP contribution < -0.4 is 10.2 Å². The quantitative estimate of drug-likeness (QED) is 0.344. The van der Waals surface area contributed by atoms with E-state index in [1.165, 1.54) is 6.07 Å². The molecule has 0 radical (unpaired) electrons. The summed E-state index contributed by atoms with van der Waals surface area (Å²) in [7, 11) is 2.11. The molecule has 1 N–H and O–H groups in total. The van der Waals surface area contributed by atoms with Crippen LogP contribution in [0.5, 0.6) is 0 Å². The summed E-state index contributed by atoms with van der Waals surface area (Å²) in [4.78, 5) is 26.7. The van der Waals surface area contributed by atoms with Crippen molar-refractivity contribution in [2.45, 2.75) is 26.3 Å². The third kappa shape index (κ3) is 5.94. The van der Waals surface area contributed by atoms with Crippen LogP contribution in [0.25, 0.3) is 21.9 Å². The monoisotopic (exact) mass is 497 g/mol. The Bertz CT molecular complexity index is 1430. The number of nitrogens with one attached hydrogen (secondary N) is 1. The number of hydrogen-bond acceptors (Lipinski definition) is 6. The molecule has 2 aromatic carbocycles. The number of pyridine rings is 2. The first-order chi connectivity index (χ1) is 17.8. The number of nitrogens with zero attached hydrogens (tertiary/aromatic N) is 4. The van der Waals surface area contributed by atoms with Crippen molar-refractivity contribution in [1.82, 2.24) is 14.9 Å². The van der Waals surface area contributed by atoms with Crippen molar-refractivity contribution >= 4 is 28.1 Å². The van der Waals surface area contributed by atoms with Crippen molar-refractivity contribution in [3.8, 4) is 11.1 Å². The van der Waals surface area contributed by atoms with Crippen LogP contribution in [-0.2, 0) is 6.42 Å². The van der Waals surface area contributed by atoms with E-state index in [1.807, 2.05) is 50.2 Å². The molecule has 37 heavy (non-hydrogen) atoms. The first-order valence-electron chi connectivity index (χ1n) is 12.7. The van der Waals surface area contributed by atoms with Gasteiger partial charge in [0.05, 0.1) is 6.42 Å². The van der Waals surface area contributed by atoms with Gasteiger partial charge >= 0.3 is 0 Å². The minimum atomic E-state index is -0.282. The summed E-state index contributed by atoms with van der Waals surface area (Å²) in [5.41, 5.74) is 3.80. The number of likely N-dealkylation sites (N-methyl/N-ethyl adjacent to an activating group) is 1. The Morgan fingerprint density at radius 3 is 2.54 bits per heavy atom. The molecular weight excluding hydrogens is 465 g/mol. The molecule has 1 fully saturated rings. The van der Waals surface area contributed by atoms with Gasteiger partial charge in [0.25, 0.3) is 0 Å². The Kier molecular flexibility index (Phi) is 7.15. The van der Waals surface area contributed by atoms with Crippen LogP contribution in [0.3, 0.4) is 0 Å². The number of Topliss-reactive ketones (excluding diaryl/α,β-unsaturated/α-hetero) is 1. The van der Waals surface area contributed by atoms with Crippen molar-refractivity contribution in [3.05, 3.63) is 84.1 Å². The first kappa shape index (κ1) is 24.8. The topological polar surface area (TPSA) is 61.4 Å². The van der Waals surface area contributed by atoms with E-state index in [1.54, 1.807) is 24.5 Å². The van der Waals surface area contributed by atoms with Crippen molar-refractivity contribution in [2.75, 3.05) is 43.4 Å². The summed E-state index contributed by atoms with van der Waals surface area (Å²) in [6, 6.07) is 16.8. The fourth-order valence-corrected chi connectivity index (χ4v) is 4.70. The van der Waals surface area contributed by atoms with Crippen LogP contribution in [-0.4, -0.2) is 59.9 Å². The molecule has 3 heterocycles.